The van der Waals surface area contributed by atoms with E-state index in [0.29, 0.717) is 27.5 Å². The topological polar surface area (TPSA) is 114 Å². The van der Waals surface area contributed by atoms with Gasteiger partial charge in [0.25, 0.3) is 5.56 Å². The number of fused-ring (bicyclic) bond motifs is 2. The molecule has 3 aromatic heterocycles. The number of piperidine rings is 1. The van der Waals surface area contributed by atoms with Crippen LogP contribution in [0.1, 0.15) is 29.9 Å². The van der Waals surface area contributed by atoms with E-state index in [1.807, 2.05) is 13.1 Å². The Bertz CT molecular complexity index is 1470. The summed E-state index contributed by atoms with van der Waals surface area (Å²) in [7, 11) is 2.01. The second-order valence-electron chi connectivity index (χ2n) is 8.54. The van der Waals surface area contributed by atoms with Gasteiger partial charge in [-0.05, 0) is 50.5 Å². The number of rotatable bonds is 4. The number of hydrogen-bond donors (Lipinski definition) is 3. The number of benzene rings is 1. The summed E-state index contributed by atoms with van der Waals surface area (Å²) in [5.74, 6) is 0.294. The smallest absolute Gasteiger partial charge is 0.422 e. The van der Waals surface area contributed by atoms with Crippen LogP contribution in [0.15, 0.2) is 29.3 Å². The van der Waals surface area contributed by atoms with Crippen molar-refractivity contribution in [3.63, 3.8) is 0 Å². The number of aromatic amines is 3. The van der Waals surface area contributed by atoms with E-state index in [9.17, 15) is 23.2 Å². The molecule has 1 fully saturated rings. The second kappa shape index (κ2) is 8.22. The van der Waals surface area contributed by atoms with E-state index in [4.69, 9.17) is 4.74 Å². The van der Waals surface area contributed by atoms with Gasteiger partial charge in [-0.2, -0.15) is 18.4 Å². The van der Waals surface area contributed by atoms with Crippen LogP contribution in [0.3, 0.4) is 0 Å². The Morgan fingerprint density at radius 2 is 2.00 bits per heavy atom. The molecule has 1 aromatic carbocycles. The molecule has 3 N–H and O–H groups in total. The average molecular weight is 470 g/mol. The number of alkyl halides is 3. The molecule has 0 amide bonds. The lowest BCUT2D eigenvalue weighted by Crippen LogP contribution is -2.29. The molecule has 5 rings (SSSR count). The maximum absolute atomic E-state index is 13.1. The zero-order valence-corrected chi connectivity index (χ0v) is 18.2. The Morgan fingerprint density at radius 1 is 1.24 bits per heavy atom. The first-order chi connectivity index (χ1) is 16.2. The molecule has 0 radical (unpaired) electrons. The lowest BCUT2D eigenvalue weighted by Gasteiger charge is -2.30. The zero-order valence-electron chi connectivity index (χ0n) is 18.2. The molecule has 1 aliphatic rings. The van der Waals surface area contributed by atoms with Crippen molar-refractivity contribution in [2.75, 3.05) is 26.7 Å². The third-order valence-electron chi connectivity index (χ3n) is 6.28. The van der Waals surface area contributed by atoms with Gasteiger partial charge in [-0.25, -0.2) is 4.98 Å². The molecule has 0 atom stereocenters. The number of likely N-dealkylation sites (tertiary alicyclic amines) is 1. The largest absolute Gasteiger partial charge is 0.481 e. The Kier molecular flexibility index (Phi) is 5.32. The molecular weight excluding hydrogens is 449 g/mol. The van der Waals surface area contributed by atoms with Crippen LogP contribution in [0.5, 0.6) is 5.75 Å². The lowest BCUT2D eigenvalue weighted by molar-refractivity contribution is -0.153. The number of nitrogens with zero attached hydrogens (tertiary/aromatic N) is 3. The van der Waals surface area contributed by atoms with Crippen LogP contribution in [0, 0.1) is 11.3 Å². The summed E-state index contributed by atoms with van der Waals surface area (Å²) in [6.45, 7) is 0.226. The number of H-pyrrole nitrogens is 3. The SMILES string of the molecule is CN1CCC(c2ccc3[nH]c(-c4c(=O)[nH]cc5c(C#N)c[nH]c45)nc3c2OCC(F)(F)F)CC1. The molecule has 0 spiro atoms. The van der Waals surface area contributed by atoms with Crippen LogP contribution >= 0.6 is 0 Å². The quantitative estimate of drug-likeness (QED) is 0.417. The van der Waals surface area contributed by atoms with Gasteiger partial charge in [0.1, 0.15) is 23.0 Å². The van der Waals surface area contributed by atoms with Gasteiger partial charge < -0.3 is 24.6 Å². The minimum absolute atomic E-state index is 0.0393. The third kappa shape index (κ3) is 3.90. The molecule has 0 saturated carbocycles. The standard InChI is InChI=1S/C23H21F3N6O2/c1-32-6-4-12(5-7-32)14-2-3-16-19(20(14)34-11-23(24,25)26)31-21(30-16)17-18-15(10-29-22(17)33)13(8-27)9-28-18/h2-3,9-10,12,28H,4-7,11H2,1H3,(H,29,33)(H,30,31). The summed E-state index contributed by atoms with van der Waals surface area (Å²) in [5, 5.41) is 9.82. The molecule has 34 heavy (non-hydrogen) atoms. The van der Waals surface area contributed by atoms with Crippen LogP contribution in [0.2, 0.25) is 0 Å². The first-order valence-corrected chi connectivity index (χ1v) is 10.8. The van der Waals surface area contributed by atoms with Crippen molar-refractivity contribution in [2.24, 2.45) is 0 Å². The Hall–Kier alpha value is -3.78. The molecule has 0 unspecified atom stereocenters. The van der Waals surface area contributed by atoms with Gasteiger partial charge >= 0.3 is 6.18 Å². The van der Waals surface area contributed by atoms with Crippen LogP contribution in [-0.4, -0.2) is 57.8 Å². The molecular formula is C23H21F3N6O2. The van der Waals surface area contributed by atoms with Crippen molar-refractivity contribution in [3.05, 3.63) is 46.0 Å². The third-order valence-corrected chi connectivity index (χ3v) is 6.28. The summed E-state index contributed by atoms with van der Waals surface area (Å²) in [6, 6.07) is 5.58. The van der Waals surface area contributed by atoms with Gasteiger partial charge in [0.2, 0.25) is 0 Å². The van der Waals surface area contributed by atoms with E-state index < -0.39 is 18.3 Å². The van der Waals surface area contributed by atoms with Crippen LogP contribution < -0.4 is 10.3 Å². The fraction of sp³-hybridized carbons (Fsp3) is 0.348. The highest BCUT2D eigenvalue weighted by Crippen LogP contribution is 2.40. The van der Waals surface area contributed by atoms with Gasteiger partial charge in [0, 0.05) is 17.8 Å². The highest BCUT2D eigenvalue weighted by atomic mass is 19.4. The number of nitrogens with one attached hydrogen (secondary N) is 3. The number of hydrogen-bond acceptors (Lipinski definition) is 5. The molecule has 1 aliphatic heterocycles. The number of pyridine rings is 1. The van der Waals surface area contributed by atoms with E-state index in [0.717, 1.165) is 25.9 Å². The predicted octanol–water partition coefficient (Wildman–Crippen LogP) is 4.02. The van der Waals surface area contributed by atoms with Gasteiger partial charge in [0.15, 0.2) is 12.4 Å². The second-order valence-corrected chi connectivity index (χ2v) is 8.54. The van der Waals surface area contributed by atoms with Crippen molar-refractivity contribution in [1.29, 1.82) is 5.26 Å². The minimum Gasteiger partial charge on any atom is -0.481 e. The van der Waals surface area contributed by atoms with Gasteiger partial charge in [-0.3, -0.25) is 4.79 Å². The van der Waals surface area contributed by atoms with E-state index >= 15 is 0 Å². The van der Waals surface area contributed by atoms with Crippen LogP contribution in [0.4, 0.5) is 13.2 Å². The van der Waals surface area contributed by atoms with Crippen molar-refractivity contribution in [1.82, 2.24) is 24.8 Å². The molecule has 4 aromatic rings. The highest BCUT2D eigenvalue weighted by molar-refractivity contribution is 5.97. The number of aromatic nitrogens is 4. The number of nitriles is 1. The first-order valence-electron chi connectivity index (χ1n) is 10.8. The molecule has 0 aliphatic carbocycles. The Balaban J connectivity index is 1.67. The number of halogens is 3. The van der Waals surface area contributed by atoms with Crippen molar-refractivity contribution < 1.29 is 17.9 Å². The van der Waals surface area contributed by atoms with Crippen LogP contribution in [-0.2, 0) is 0 Å². The maximum Gasteiger partial charge on any atom is 0.422 e. The van der Waals surface area contributed by atoms with Gasteiger partial charge in [0.05, 0.1) is 16.6 Å². The van der Waals surface area contributed by atoms with Gasteiger partial charge in [-0.1, -0.05) is 6.07 Å². The van der Waals surface area contributed by atoms with Crippen LogP contribution in [0.25, 0.3) is 33.3 Å². The van der Waals surface area contributed by atoms with E-state index in [2.05, 4.69) is 24.8 Å². The van der Waals surface area contributed by atoms with Crippen molar-refractivity contribution >= 4 is 21.9 Å². The normalized spacial score (nSPS) is 15.7. The van der Waals surface area contributed by atoms with Crippen molar-refractivity contribution in [2.45, 2.75) is 24.9 Å². The summed E-state index contributed by atoms with van der Waals surface area (Å²) >= 11 is 0. The first kappa shape index (κ1) is 22.0. The van der Waals surface area contributed by atoms with E-state index in [-0.39, 0.29) is 28.6 Å². The monoisotopic (exact) mass is 470 g/mol. The van der Waals surface area contributed by atoms with E-state index in [1.54, 1.807) is 12.1 Å². The number of imidazole rings is 1. The maximum atomic E-state index is 13.1. The summed E-state index contributed by atoms with van der Waals surface area (Å²) < 4.78 is 44.5. The molecule has 0 bridgehead atoms. The summed E-state index contributed by atoms with van der Waals surface area (Å²) in [6.07, 6.45) is 0.00125. The molecule has 176 valence electrons. The fourth-order valence-corrected chi connectivity index (χ4v) is 4.56. The molecule has 8 nitrogen and oxygen atoms in total. The van der Waals surface area contributed by atoms with Crippen molar-refractivity contribution in [3.8, 4) is 23.2 Å². The summed E-state index contributed by atoms with van der Waals surface area (Å²) in [5.41, 5.74) is 1.84. The molecule has 4 heterocycles. The number of ether oxygens (including phenoxy) is 1. The fourth-order valence-electron chi connectivity index (χ4n) is 4.56. The van der Waals surface area contributed by atoms with Gasteiger partial charge in [-0.15, -0.1) is 0 Å². The Labute approximate surface area is 191 Å². The lowest BCUT2D eigenvalue weighted by atomic mass is 9.88. The van der Waals surface area contributed by atoms with E-state index in [1.165, 1.54) is 12.4 Å². The molecule has 11 heteroatoms. The molecule has 1 saturated heterocycles. The predicted molar refractivity (Wildman–Crippen MR) is 120 cm³/mol. The zero-order chi connectivity index (χ0) is 24.0. The summed E-state index contributed by atoms with van der Waals surface area (Å²) in [4.78, 5) is 28.0. The Morgan fingerprint density at radius 3 is 2.71 bits per heavy atom. The highest BCUT2D eigenvalue weighted by Gasteiger charge is 2.31. The average Bonchev–Trinajstić information content (AvgIpc) is 3.41. The minimum atomic E-state index is -4.51.